The number of ether oxygens (including phenoxy) is 2. The van der Waals surface area contributed by atoms with Crippen LogP contribution >= 0.6 is 11.6 Å². The summed E-state index contributed by atoms with van der Waals surface area (Å²) >= 11 is 5.72. The average Bonchev–Trinajstić information content (AvgIpc) is 2.48. The predicted molar refractivity (Wildman–Crippen MR) is 80.7 cm³/mol. The number of esters is 1. The minimum atomic E-state index is -1.23. The summed E-state index contributed by atoms with van der Waals surface area (Å²) in [7, 11) is 0. The maximum absolute atomic E-state index is 11.7. The molecule has 0 heterocycles. The molecule has 0 saturated heterocycles. The van der Waals surface area contributed by atoms with Gasteiger partial charge in [0.25, 0.3) is 0 Å². The highest BCUT2D eigenvalue weighted by atomic mass is 35.5. The third-order valence-electron chi connectivity index (χ3n) is 2.77. The topological polar surface area (TPSA) is 72.8 Å². The van der Waals surface area contributed by atoms with E-state index in [-0.39, 0.29) is 22.9 Å². The smallest absolute Gasteiger partial charge is 0.349 e. The van der Waals surface area contributed by atoms with Crippen molar-refractivity contribution in [2.75, 3.05) is 6.61 Å². The first kappa shape index (κ1) is 15.9. The quantitative estimate of drug-likeness (QED) is 0.675. The lowest BCUT2D eigenvalue weighted by Crippen LogP contribution is -2.19. The number of carboxylic acid groups (broad SMARTS) is 1. The van der Waals surface area contributed by atoms with Crippen molar-refractivity contribution in [1.29, 1.82) is 0 Å². The van der Waals surface area contributed by atoms with Crippen LogP contribution in [0.1, 0.15) is 15.9 Å². The molecule has 0 aliphatic carbocycles. The van der Waals surface area contributed by atoms with Crippen molar-refractivity contribution >= 4 is 23.5 Å². The highest BCUT2D eigenvalue weighted by molar-refractivity contribution is 6.31. The van der Waals surface area contributed by atoms with Crippen molar-refractivity contribution in [1.82, 2.24) is 0 Å². The Bertz CT molecular complexity index is 694. The molecule has 0 aromatic heterocycles. The number of carboxylic acids is 1. The van der Waals surface area contributed by atoms with Crippen LogP contribution in [-0.4, -0.2) is 23.7 Å². The Morgan fingerprint density at radius 3 is 2.45 bits per heavy atom. The average molecular weight is 321 g/mol. The molecule has 2 aromatic carbocycles. The lowest BCUT2D eigenvalue weighted by Gasteiger charge is -2.09. The minimum Gasteiger partial charge on any atom is -0.482 e. The van der Waals surface area contributed by atoms with Gasteiger partial charge in [-0.05, 0) is 37.3 Å². The largest absolute Gasteiger partial charge is 0.482 e. The van der Waals surface area contributed by atoms with Gasteiger partial charge in [-0.25, -0.2) is 9.59 Å². The summed E-state index contributed by atoms with van der Waals surface area (Å²) in [6.07, 6.45) is 0. The Morgan fingerprint density at radius 2 is 1.82 bits per heavy atom. The Balaban J connectivity index is 2.00. The molecule has 0 atom stereocenters. The molecule has 22 heavy (non-hydrogen) atoms. The minimum absolute atomic E-state index is 0.0746. The highest BCUT2D eigenvalue weighted by Crippen LogP contribution is 2.23. The Hall–Kier alpha value is -2.53. The molecule has 0 aliphatic heterocycles. The summed E-state index contributed by atoms with van der Waals surface area (Å²) in [5.74, 6) is -1.48. The van der Waals surface area contributed by atoms with Crippen molar-refractivity contribution < 1.29 is 24.2 Å². The molecule has 114 valence electrons. The Labute approximate surface area is 132 Å². The first-order chi connectivity index (χ1) is 10.5. The van der Waals surface area contributed by atoms with Gasteiger partial charge in [0.1, 0.15) is 17.1 Å². The van der Waals surface area contributed by atoms with Crippen LogP contribution in [0.15, 0.2) is 42.5 Å². The number of carbonyl (C=O) groups excluding carboxylic acids is 1. The van der Waals surface area contributed by atoms with E-state index in [9.17, 15) is 9.59 Å². The molecule has 5 nitrogen and oxygen atoms in total. The summed E-state index contributed by atoms with van der Waals surface area (Å²) in [5.41, 5.74) is 0.887. The van der Waals surface area contributed by atoms with E-state index in [0.29, 0.717) is 5.75 Å². The van der Waals surface area contributed by atoms with Crippen LogP contribution in [0, 0.1) is 6.92 Å². The lowest BCUT2D eigenvalue weighted by atomic mass is 10.2. The zero-order chi connectivity index (χ0) is 16.1. The highest BCUT2D eigenvalue weighted by Gasteiger charge is 2.15. The van der Waals surface area contributed by atoms with Crippen LogP contribution in [0.25, 0.3) is 0 Å². The summed E-state index contributed by atoms with van der Waals surface area (Å²) in [6.45, 7) is 1.61. The summed E-state index contributed by atoms with van der Waals surface area (Å²) in [6, 6.07) is 11.1. The fraction of sp³-hybridized carbons (Fsp3) is 0.125. The number of aromatic carboxylic acids is 1. The summed E-state index contributed by atoms with van der Waals surface area (Å²) < 4.78 is 10.3. The van der Waals surface area contributed by atoms with Crippen molar-refractivity contribution in [3.8, 4) is 11.5 Å². The molecule has 0 unspecified atom stereocenters. The van der Waals surface area contributed by atoms with Gasteiger partial charge in [-0.1, -0.05) is 29.3 Å². The molecular formula is C16H13ClO5. The number of aryl methyl sites for hydroxylation is 1. The fourth-order valence-electron chi connectivity index (χ4n) is 1.69. The van der Waals surface area contributed by atoms with E-state index in [0.717, 1.165) is 5.56 Å². The van der Waals surface area contributed by atoms with Crippen LogP contribution in [0.4, 0.5) is 0 Å². The van der Waals surface area contributed by atoms with E-state index in [4.69, 9.17) is 26.2 Å². The van der Waals surface area contributed by atoms with Crippen molar-refractivity contribution in [3.63, 3.8) is 0 Å². The van der Waals surface area contributed by atoms with Gasteiger partial charge in [0.15, 0.2) is 6.61 Å². The summed E-state index contributed by atoms with van der Waals surface area (Å²) in [5, 5.41) is 9.30. The molecular weight excluding hydrogens is 308 g/mol. The van der Waals surface area contributed by atoms with Crippen LogP contribution in [0.3, 0.4) is 0 Å². The van der Waals surface area contributed by atoms with E-state index in [2.05, 4.69) is 0 Å². The SMILES string of the molecule is Cc1ccc(OCC(=O)Oc2ccc(Cl)cc2C(=O)O)cc1. The molecule has 0 bridgehead atoms. The number of benzene rings is 2. The molecule has 0 fully saturated rings. The number of rotatable bonds is 5. The number of halogens is 1. The van der Waals surface area contributed by atoms with Crippen LogP contribution < -0.4 is 9.47 Å². The molecule has 0 spiro atoms. The van der Waals surface area contributed by atoms with E-state index in [1.54, 1.807) is 12.1 Å². The van der Waals surface area contributed by atoms with Gasteiger partial charge >= 0.3 is 11.9 Å². The van der Waals surface area contributed by atoms with Crippen LogP contribution in [0.5, 0.6) is 11.5 Å². The lowest BCUT2D eigenvalue weighted by molar-refractivity contribution is -0.136. The van der Waals surface area contributed by atoms with Crippen LogP contribution in [-0.2, 0) is 4.79 Å². The van der Waals surface area contributed by atoms with E-state index >= 15 is 0 Å². The maximum Gasteiger partial charge on any atom is 0.349 e. The molecule has 0 amide bonds. The monoisotopic (exact) mass is 320 g/mol. The Morgan fingerprint density at radius 1 is 1.14 bits per heavy atom. The van der Waals surface area contributed by atoms with Gasteiger partial charge in [-0.3, -0.25) is 0 Å². The van der Waals surface area contributed by atoms with Crippen LogP contribution in [0.2, 0.25) is 5.02 Å². The van der Waals surface area contributed by atoms with Crippen molar-refractivity contribution in [2.24, 2.45) is 0 Å². The molecule has 0 radical (unpaired) electrons. The third kappa shape index (κ3) is 4.23. The molecule has 0 aliphatic rings. The molecule has 6 heteroatoms. The standard InChI is InChI=1S/C16H13ClO5/c1-10-2-5-12(6-3-10)21-9-15(18)22-14-7-4-11(17)8-13(14)16(19)20/h2-8H,9H2,1H3,(H,19,20). The number of carbonyl (C=O) groups is 2. The van der Waals surface area contributed by atoms with Gasteiger partial charge in [0.2, 0.25) is 0 Å². The second kappa shape index (κ2) is 6.95. The van der Waals surface area contributed by atoms with Gasteiger partial charge < -0.3 is 14.6 Å². The summed E-state index contributed by atoms with van der Waals surface area (Å²) in [4.78, 5) is 22.8. The zero-order valence-electron chi connectivity index (χ0n) is 11.7. The Kier molecular flexibility index (Phi) is 5.01. The third-order valence-corrected chi connectivity index (χ3v) is 3.01. The van der Waals surface area contributed by atoms with Gasteiger partial charge in [0, 0.05) is 5.02 Å². The van der Waals surface area contributed by atoms with Crippen molar-refractivity contribution in [3.05, 3.63) is 58.6 Å². The van der Waals surface area contributed by atoms with Gasteiger partial charge in [-0.15, -0.1) is 0 Å². The molecule has 0 saturated carbocycles. The molecule has 2 rings (SSSR count). The van der Waals surface area contributed by atoms with E-state index in [1.807, 2.05) is 19.1 Å². The van der Waals surface area contributed by atoms with Gasteiger partial charge in [0.05, 0.1) is 0 Å². The molecule has 2 aromatic rings. The first-order valence-corrected chi connectivity index (χ1v) is 6.76. The fourth-order valence-corrected chi connectivity index (χ4v) is 1.86. The predicted octanol–water partition coefficient (Wildman–Crippen LogP) is 3.33. The maximum atomic E-state index is 11.7. The normalized spacial score (nSPS) is 10.1. The van der Waals surface area contributed by atoms with E-state index in [1.165, 1.54) is 18.2 Å². The zero-order valence-corrected chi connectivity index (χ0v) is 12.5. The molecule has 1 N–H and O–H groups in total. The van der Waals surface area contributed by atoms with E-state index < -0.39 is 11.9 Å². The second-order valence-electron chi connectivity index (χ2n) is 4.52. The van der Waals surface area contributed by atoms with Gasteiger partial charge in [-0.2, -0.15) is 0 Å². The number of hydrogen-bond acceptors (Lipinski definition) is 4. The first-order valence-electron chi connectivity index (χ1n) is 6.38. The number of hydrogen-bond donors (Lipinski definition) is 1. The second-order valence-corrected chi connectivity index (χ2v) is 4.96. The van der Waals surface area contributed by atoms with Crippen molar-refractivity contribution in [2.45, 2.75) is 6.92 Å².